The van der Waals surface area contributed by atoms with Crippen LogP contribution in [0.3, 0.4) is 0 Å². The Kier molecular flexibility index (Phi) is 4.50. The summed E-state index contributed by atoms with van der Waals surface area (Å²) in [5.74, 6) is -0.474. The number of carbonyl (C=O) groups is 1. The van der Waals surface area contributed by atoms with E-state index in [1.165, 1.54) is 0 Å². The molecule has 0 saturated heterocycles. The van der Waals surface area contributed by atoms with Crippen LogP contribution in [0.4, 0.5) is 0 Å². The molecule has 15 heavy (non-hydrogen) atoms. The van der Waals surface area contributed by atoms with E-state index in [9.17, 15) is 4.79 Å². The third kappa shape index (κ3) is 2.90. The van der Waals surface area contributed by atoms with Gasteiger partial charge < -0.3 is 16.4 Å². The van der Waals surface area contributed by atoms with Crippen LogP contribution in [0.2, 0.25) is 0 Å². The van der Waals surface area contributed by atoms with Crippen LogP contribution in [0, 0.1) is 12.1 Å². The zero-order chi connectivity index (χ0) is 9.97. The van der Waals surface area contributed by atoms with E-state index in [0.717, 1.165) is 31.4 Å². The van der Waals surface area contributed by atoms with Gasteiger partial charge in [0.05, 0.1) is 5.92 Å². The number of nitrogens with one attached hydrogen (secondary N) is 1. The van der Waals surface area contributed by atoms with Crippen LogP contribution >= 0.6 is 0 Å². The molecule has 1 aromatic rings. The van der Waals surface area contributed by atoms with E-state index < -0.39 is 5.97 Å². The van der Waals surface area contributed by atoms with Gasteiger partial charge in [0.2, 0.25) is 0 Å². The molecule has 0 radical (unpaired) electrons. The van der Waals surface area contributed by atoms with Crippen molar-refractivity contribution < 1.29 is 32.3 Å². The second-order valence-electron chi connectivity index (χ2n) is 3.72. The second kappa shape index (κ2) is 5.44. The number of rotatable bonds is 2. The first-order valence-corrected chi connectivity index (χ1v) is 4.79. The van der Waals surface area contributed by atoms with Gasteiger partial charge in [-0.25, -0.2) is 0 Å². The van der Waals surface area contributed by atoms with Gasteiger partial charge in [-0.2, -0.15) is 0 Å². The Morgan fingerprint density at radius 3 is 2.53 bits per heavy atom. The summed E-state index contributed by atoms with van der Waals surface area (Å²) in [6.07, 6.45) is 6.05. The Labute approximate surface area is 103 Å². The third-order valence-electron chi connectivity index (χ3n) is 2.88. The normalized spacial score (nSPS) is 25.6. The van der Waals surface area contributed by atoms with Gasteiger partial charge in [-0.1, -0.05) is 0 Å². The van der Waals surface area contributed by atoms with Crippen LogP contribution in [0.15, 0.2) is 0 Å². The topological polar surface area (TPSA) is 78.9 Å². The van der Waals surface area contributed by atoms with Gasteiger partial charge in [0.15, 0.2) is 0 Å². The quantitative estimate of drug-likeness (QED) is 0.582. The predicted octanol–water partition coefficient (Wildman–Crippen LogP) is 0.961. The van der Waals surface area contributed by atoms with Crippen LogP contribution in [0.1, 0.15) is 37.3 Å². The maximum atomic E-state index is 10.7. The molecule has 6 heteroatoms. The molecule has 0 atom stereocenters. The maximum Gasteiger partial charge on any atom is 1.00 e. The average molecular weight is 391 g/mol. The van der Waals surface area contributed by atoms with Crippen molar-refractivity contribution in [2.24, 2.45) is 5.92 Å². The molecule has 0 unspecified atom stereocenters. The monoisotopic (exact) mass is 391 g/mol. The van der Waals surface area contributed by atoms with E-state index >= 15 is 0 Å². The number of hydrogen-bond donors (Lipinski definition) is 2. The molecule has 1 aromatic heterocycles. The molecule has 1 aliphatic carbocycles. The van der Waals surface area contributed by atoms with E-state index in [-0.39, 0.29) is 28.3 Å². The van der Waals surface area contributed by atoms with E-state index in [2.05, 4.69) is 21.6 Å². The molecule has 0 aromatic carbocycles. The fourth-order valence-electron chi connectivity index (χ4n) is 1.99. The molecule has 1 heterocycles. The minimum atomic E-state index is -0.671. The average Bonchev–Trinajstić information content (AvgIpc) is 2.71. The molecule has 5 nitrogen and oxygen atoms in total. The van der Waals surface area contributed by atoms with E-state index in [1.54, 1.807) is 0 Å². The standard InChI is InChI=1S/C9H12N3O2.Au/c13-9(14)7-3-1-6(2-4-7)8-5-10-12-11-8;/h6-7H,1-4H2,(H,13,14)(H,10,11,12);/q-1;+1. The van der Waals surface area contributed by atoms with E-state index in [0.29, 0.717) is 5.92 Å². The van der Waals surface area contributed by atoms with Crippen molar-refractivity contribution in [3.8, 4) is 0 Å². The number of hydrogen-bond acceptors (Lipinski definition) is 3. The summed E-state index contributed by atoms with van der Waals surface area (Å²) in [6.45, 7) is 0. The molecule has 1 fully saturated rings. The first kappa shape index (κ1) is 12.4. The molecule has 1 saturated carbocycles. The maximum absolute atomic E-state index is 10.7. The Bertz CT molecular complexity index is 307. The van der Waals surface area contributed by atoms with Crippen LogP contribution < -0.4 is 0 Å². The largest absolute Gasteiger partial charge is 1.00 e. The number of carboxylic acid groups (broad SMARTS) is 1. The summed E-state index contributed by atoms with van der Waals surface area (Å²) in [5.41, 5.74) is 0.911. The van der Waals surface area contributed by atoms with E-state index in [4.69, 9.17) is 5.11 Å². The second-order valence-corrected chi connectivity index (χ2v) is 3.72. The van der Waals surface area contributed by atoms with Crippen LogP contribution in [-0.2, 0) is 27.2 Å². The molecule has 1 aliphatic rings. The zero-order valence-corrected chi connectivity index (χ0v) is 10.2. The Balaban J connectivity index is 0.00000112. The van der Waals surface area contributed by atoms with Gasteiger partial charge >= 0.3 is 28.3 Å². The minimum Gasteiger partial charge on any atom is -0.481 e. The Morgan fingerprint density at radius 1 is 1.40 bits per heavy atom. The van der Waals surface area contributed by atoms with Gasteiger partial charge in [0.1, 0.15) is 0 Å². The first-order chi connectivity index (χ1) is 6.77. The fourth-order valence-corrected chi connectivity index (χ4v) is 1.99. The van der Waals surface area contributed by atoms with Crippen LogP contribution in [0.25, 0.3) is 0 Å². The number of nitrogens with zero attached hydrogens (tertiary/aromatic N) is 2. The van der Waals surface area contributed by atoms with Crippen molar-refractivity contribution >= 4 is 5.97 Å². The summed E-state index contributed by atoms with van der Waals surface area (Å²) in [7, 11) is 0. The number of carboxylic acids is 1. The summed E-state index contributed by atoms with van der Waals surface area (Å²) in [6, 6.07) is 0. The summed E-state index contributed by atoms with van der Waals surface area (Å²) in [4.78, 5) is 10.7. The SMILES string of the molecule is O=C(O)C1CCC(c2[c-]nn[nH]2)CC1.[Au+]. The summed E-state index contributed by atoms with van der Waals surface area (Å²) in [5, 5.41) is 18.8. The number of aromatic nitrogens is 3. The number of H-pyrrole nitrogens is 1. The van der Waals surface area contributed by atoms with Crippen LogP contribution in [0.5, 0.6) is 0 Å². The van der Waals surface area contributed by atoms with Gasteiger partial charge in [0.25, 0.3) is 0 Å². The van der Waals surface area contributed by atoms with Gasteiger partial charge in [-0.15, -0.1) is 10.9 Å². The van der Waals surface area contributed by atoms with Crippen molar-refractivity contribution in [1.29, 1.82) is 0 Å². The zero-order valence-electron chi connectivity index (χ0n) is 8.03. The predicted molar refractivity (Wildman–Crippen MR) is 47.6 cm³/mol. The minimum absolute atomic E-state index is 0. The van der Waals surface area contributed by atoms with Crippen molar-refractivity contribution in [3.63, 3.8) is 0 Å². The molecule has 2 rings (SSSR count). The van der Waals surface area contributed by atoms with Crippen LogP contribution in [-0.4, -0.2) is 26.5 Å². The fraction of sp³-hybridized carbons (Fsp3) is 0.667. The molecule has 0 spiro atoms. The van der Waals surface area contributed by atoms with Gasteiger partial charge in [0, 0.05) is 0 Å². The number of aromatic amines is 1. The van der Waals surface area contributed by atoms with Crippen molar-refractivity contribution in [3.05, 3.63) is 11.9 Å². The molecular weight excluding hydrogens is 379 g/mol. The molecule has 2 N–H and O–H groups in total. The van der Waals surface area contributed by atoms with E-state index in [1.807, 2.05) is 0 Å². The molecular formula is C9H12AuN3O2. The number of aliphatic carboxylic acids is 1. The summed E-state index contributed by atoms with van der Waals surface area (Å²) >= 11 is 0. The first-order valence-electron chi connectivity index (χ1n) is 4.79. The Morgan fingerprint density at radius 2 is 2.07 bits per heavy atom. The Hall–Kier alpha value is -0.650. The smallest absolute Gasteiger partial charge is 0.481 e. The van der Waals surface area contributed by atoms with Crippen molar-refractivity contribution in [1.82, 2.24) is 15.4 Å². The third-order valence-corrected chi connectivity index (χ3v) is 2.88. The molecule has 0 bridgehead atoms. The molecule has 86 valence electrons. The molecule has 0 aliphatic heterocycles. The summed E-state index contributed by atoms with van der Waals surface area (Å²) < 4.78 is 0. The van der Waals surface area contributed by atoms with Crippen molar-refractivity contribution in [2.75, 3.05) is 0 Å². The van der Waals surface area contributed by atoms with Gasteiger partial charge in [-0.05, 0) is 31.6 Å². The van der Waals surface area contributed by atoms with Gasteiger partial charge in [-0.3, -0.25) is 9.89 Å². The van der Waals surface area contributed by atoms with Crippen molar-refractivity contribution in [2.45, 2.75) is 31.6 Å². The molecule has 0 amide bonds.